The largest absolute Gasteiger partial charge is 0.370 e. The molecule has 0 N–H and O–H groups in total. The Hall–Kier alpha value is -2.98. The van der Waals surface area contributed by atoms with Gasteiger partial charge in [0.25, 0.3) is 5.91 Å². The number of anilines is 1. The molecule has 1 aromatic carbocycles. The van der Waals surface area contributed by atoms with Crippen LogP contribution in [0.5, 0.6) is 0 Å². The van der Waals surface area contributed by atoms with Crippen LogP contribution in [0.4, 0.5) is 14.9 Å². The Morgan fingerprint density at radius 3 is 2.19 bits per heavy atom. The van der Waals surface area contributed by atoms with Gasteiger partial charge >= 0.3 is 6.03 Å². The van der Waals surface area contributed by atoms with Crippen molar-refractivity contribution in [2.75, 3.05) is 70.5 Å². The number of halogens is 1. The van der Waals surface area contributed by atoms with E-state index in [1.807, 2.05) is 9.80 Å². The van der Waals surface area contributed by atoms with Crippen LogP contribution >= 0.6 is 0 Å². The van der Waals surface area contributed by atoms with Crippen molar-refractivity contribution in [1.29, 1.82) is 0 Å². The minimum atomic E-state index is -0.549. The van der Waals surface area contributed by atoms with Gasteiger partial charge < -0.3 is 29.1 Å². The van der Waals surface area contributed by atoms with E-state index in [1.165, 1.54) is 12.1 Å². The molecule has 0 aliphatic carbocycles. The highest BCUT2D eigenvalue weighted by atomic mass is 19.1. The molecule has 1 aromatic heterocycles. The molecular weight excluding hydrogens is 465 g/mol. The smallest absolute Gasteiger partial charge is 0.320 e. The van der Waals surface area contributed by atoms with Gasteiger partial charge in [0.2, 0.25) is 0 Å². The molecule has 0 saturated carbocycles. The average molecular weight is 498 g/mol. The fraction of sp³-hybridized carbons (Fsp3) is 0.577. The number of fused-ring (bicyclic) bond motifs is 1. The molecule has 36 heavy (non-hydrogen) atoms. The molecule has 6 rings (SSSR count). The molecule has 5 heterocycles. The van der Waals surface area contributed by atoms with E-state index >= 15 is 0 Å². The van der Waals surface area contributed by atoms with Crippen LogP contribution in [0.1, 0.15) is 36.0 Å². The summed E-state index contributed by atoms with van der Waals surface area (Å²) in [6, 6.07) is 4.58. The number of aromatic nitrogens is 1. The lowest BCUT2D eigenvalue weighted by Crippen LogP contribution is -2.53. The number of nitrogens with zero attached hydrogens (tertiary/aromatic N) is 5. The Kier molecular flexibility index (Phi) is 6.17. The number of benzene rings is 1. The lowest BCUT2D eigenvalue weighted by atomic mass is 9.99. The first kappa shape index (κ1) is 23.4. The van der Waals surface area contributed by atoms with Gasteiger partial charge in [0.05, 0.1) is 30.0 Å². The van der Waals surface area contributed by atoms with E-state index in [0.29, 0.717) is 87.5 Å². The van der Waals surface area contributed by atoms with Gasteiger partial charge in [0.1, 0.15) is 5.82 Å². The van der Waals surface area contributed by atoms with E-state index in [4.69, 9.17) is 9.47 Å². The summed E-state index contributed by atoms with van der Waals surface area (Å²) in [6.07, 6.45) is 5.08. The molecule has 10 heteroatoms. The second-order valence-corrected chi connectivity index (χ2v) is 10.0. The van der Waals surface area contributed by atoms with Crippen LogP contribution in [0.2, 0.25) is 0 Å². The number of hydrogen-bond donors (Lipinski definition) is 0. The van der Waals surface area contributed by atoms with Crippen molar-refractivity contribution in [2.45, 2.75) is 31.5 Å². The number of carbonyl (C=O) groups excluding carboxylic acids is 2. The number of urea groups is 1. The zero-order valence-corrected chi connectivity index (χ0v) is 20.5. The predicted octanol–water partition coefficient (Wildman–Crippen LogP) is 2.69. The highest BCUT2D eigenvalue weighted by Gasteiger charge is 2.41. The van der Waals surface area contributed by atoms with Crippen LogP contribution in [0.25, 0.3) is 10.9 Å². The van der Waals surface area contributed by atoms with Crippen LogP contribution < -0.4 is 4.90 Å². The molecule has 2 aromatic rings. The summed E-state index contributed by atoms with van der Waals surface area (Å²) in [7, 11) is 0. The van der Waals surface area contributed by atoms with Crippen molar-refractivity contribution in [2.24, 2.45) is 0 Å². The molecule has 4 aliphatic rings. The van der Waals surface area contributed by atoms with E-state index in [-0.39, 0.29) is 17.8 Å². The van der Waals surface area contributed by atoms with Crippen LogP contribution in [-0.4, -0.2) is 103 Å². The summed E-state index contributed by atoms with van der Waals surface area (Å²) in [5, 5.41) is 0.632. The topological polar surface area (TPSA) is 78.5 Å². The van der Waals surface area contributed by atoms with Gasteiger partial charge in [-0.05, 0) is 31.0 Å². The van der Waals surface area contributed by atoms with Gasteiger partial charge in [-0.1, -0.05) is 0 Å². The first-order chi connectivity index (χ1) is 17.5. The predicted molar refractivity (Wildman–Crippen MR) is 131 cm³/mol. The Balaban J connectivity index is 1.24. The third-order valence-electron chi connectivity index (χ3n) is 7.90. The van der Waals surface area contributed by atoms with Gasteiger partial charge in [-0.25, -0.2) is 9.18 Å². The SMILES string of the molecule is O=C(c1cnc2ccc(F)cc2c1N1CCC2(CC1)OCCO2)N1CCN(C(=O)N2CCCC2)CC1. The van der Waals surface area contributed by atoms with E-state index in [2.05, 4.69) is 9.88 Å². The second-order valence-electron chi connectivity index (χ2n) is 10.0. The van der Waals surface area contributed by atoms with Crippen LogP contribution in [0.15, 0.2) is 24.4 Å². The van der Waals surface area contributed by atoms with Gasteiger partial charge in [-0.3, -0.25) is 9.78 Å². The molecule has 0 radical (unpaired) electrons. The minimum absolute atomic E-state index is 0.0710. The molecular formula is C26H32FN5O4. The number of rotatable bonds is 2. The first-order valence-corrected chi connectivity index (χ1v) is 13.0. The average Bonchev–Trinajstić information content (AvgIpc) is 3.61. The number of carbonyl (C=O) groups is 2. The Bertz CT molecular complexity index is 1150. The molecule has 0 atom stereocenters. The Labute approximate surface area is 209 Å². The van der Waals surface area contributed by atoms with Crippen LogP contribution in [-0.2, 0) is 9.47 Å². The standard InChI is InChI=1S/C26H32FN5O4/c27-19-3-4-22-20(17-19)23(29-9-5-26(6-10-29)35-15-16-36-26)21(18-28-22)24(33)30-11-13-32(14-12-30)25(34)31-7-1-2-8-31/h3-4,17-18H,1-2,5-16H2. The zero-order chi connectivity index (χ0) is 24.7. The number of hydrogen-bond acceptors (Lipinski definition) is 6. The summed E-state index contributed by atoms with van der Waals surface area (Å²) < 4.78 is 26.1. The van der Waals surface area contributed by atoms with Crippen molar-refractivity contribution >= 4 is 28.5 Å². The fourth-order valence-corrected chi connectivity index (χ4v) is 5.88. The summed E-state index contributed by atoms with van der Waals surface area (Å²) in [5.41, 5.74) is 1.84. The van der Waals surface area contributed by atoms with Crippen molar-refractivity contribution in [1.82, 2.24) is 19.7 Å². The molecule has 0 bridgehead atoms. The van der Waals surface area contributed by atoms with E-state index < -0.39 is 5.79 Å². The number of amides is 3. The van der Waals surface area contributed by atoms with Gasteiger partial charge in [-0.2, -0.15) is 0 Å². The third kappa shape index (κ3) is 4.26. The summed E-state index contributed by atoms with van der Waals surface area (Å²) in [5.74, 6) is -1.04. The maximum absolute atomic E-state index is 14.3. The summed E-state index contributed by atoms with van der Waals surface area (Å²) in [4.78, 5) is 38.7. The Morgan fingerprint density at radius 1 is 0.861 bits per heavy atom. The lowest BCUT2D eigenvalue weighted by molar-refractivity contribution is -0.169. The van der Waals surface area contributed by atoms with E-state index in [0.717, 1.165) is 25.9 Å². The monoisotopic (exact) mass is 497 g/mol. The van der Waals surface area contributed by atoms with Crippen molar-refractivity contribution < 1.29 is 23.5 Å². The molecule has 4 aliphatic heterocycles. The van der Waals surface area contributed by atoms with Crippen LogP contribution in [0.3, 0.4) is 0 Å². The normalized spacial score (nSPS) is 22.1. The first-order valence-electron chi connectivity index (χ1n) is 13.0. The maximum atomic E-state index is 14.3. The van der Waals surface area contributed by atoms with Crippen molar-refractivity contribution in [3.63, 3.8) is 0 Å². The van der Waals surface area contributed by atoms with Crippen molar-refractivity contribution in [3.05, 3.63) is 35.8 Å². The molecule has 0 unspecified atom stereocenters. The van der Waals surface area contributed by atoms with Gasteiger partial charge in [0, 0.05) is 76.8 Å². The zero-order valence-electron chi connectivity index (χ0n) is 20.5. The molecule has 1 spiro atoms. The molecule has 192 valence electrons. The number of piperazine rings is 1. The summed E-state index contributed by atoms with van der Waals surface area (Å²) in [6.45, 7) is 6.02. The number of likely N-dealkylation sites (tertiary alicyclic amines) is 1. The van der Waals surface area contributed by atoms with E-state index in [9.17, 15) is 14.0 Å². The van der Waals surface area contributed by atoms with Crippen molar-refractivity contribution in [3.8, 4) is 0 Å². The second kappa shape index (κ2) is 9.48. The quantitative estimate of drug-likeness (QED) is 0.635. The Morgan fingerprint density at radius 2 is 1.50 bits per heavy atom. The fourth-order valence-electron chi connectivity index (χ4n) is 5.88. The maximum Gasteiger partial charge on any atom is 0.320 e. The van der Waals surface area contributed by atoms with Crippen LogP contribution in [0, 0.1) is 5.82 Å². The molecule has 4 fully saturated rings. The minimum Gasteiger partial charge on any atom is -0.370 e. The highest BCUT2D eigenvalue weighted by molar-refractivity contribution is 6.07. The number of ether oxygens (including phenoxy) is 2. The van der Waals surface area contributed by atoms with Gasteiger partial charge in [-0.15, -0.1) is 0 Å². The third-order valence-corrected chi connectivity index (χ3v) is 7.90. The molecule has 9 nitrogen and oxygen atoms in total. The van der Waals surface area contributed by atoms with Gasteiger partial charge in [0.15, 0.2) is 5.79 Å². The van der Waals surface area contributed by atoms with E-state index in [1.54, 1.807) is 17.2 Å². The highest BCUT2D eigenvalue weighted by Crippen LogP contribution is 2.37. The number of pyridine rings is 1. The number of piperidine rings is 1. The summed E-state index contributed by atoms with van der Waals surface area (Å²) >= 11 is 0. The lowest BCUT2D eigenvalue weighted by Gasteiger charge is -2.40. The molecule has 3 amide bonds. The molecule has 4 saturated heterocycles.